The van der Waals surface area contributed by atoms with Crippen LogP contribution in [-0.4, -0.2) is 37.1 Å². The molecule has 110 valence electrons. The molecule has 1 aromatic rings. The van der Waals surface area contributed by atoms with Gasteiger partial charge in [-0.05, 0) is 31.9 Å². The molecule has 0 spiro atoms. The molecule has 0 bridgehead atoms. The Morgan fingerprint density at radius 3 is 2.75 bits per heavy atom. The number of benzene rings is 1. The van der Waals surface area contributed by atoms with Crippen molar-refractivity contribution in [3.63, 3.8) is 0 Å². The second kappa shape index (κ2) is 6.95. The van der Waals surface area contributed by atoms with Crippen LogP contribution in [0.15, 0.2) is 24.3 Å². The molecule has 0 saturated carbocycles. The lowest BCUT2D eigenvalue weighted by Gasteiger charge is -2.36. The number of hydrogen-bond acceptors (Lipinski definition) is 3. The van der Waals surface area contributed by atoms with Gasteiger partial charge in [0.15, 0.2) is 0 Å². The Bertz CT molecular complexity index is 458. The fourth-order valence-corrected chi connectivity index (χ4v) is 2.63. The summed E-state index contributed by atoms with van der Waals surface area (Å²) >= 11 is 6.07. The average molecular weight is 298 g/mol. The van der Waals surface area contributed by atoms with E-state index in [0.717, 1.165) is 12.8 Å². The van der Waals surface area contributed by atoms with Crippen LogP contribution < -0.4 is 10.1 Å². The number of carbonyl (C=O) groups excluding carboxylic acids is 1. The zero-order chi connectivity index (χ0) is 14.4. The highest BCUT2D eigenvalue weighted by atomic mass is 35.5. The second-order valence-corrected chi connectivity index (χ2v) is 5.18. The van der Waals surface area contributed by atoms with Crippen molar-refractivity contribution in [2.75, 3.05) is 25.7 Å². The number of hydrogen-bond donors (Lipinski definition) is 1. The molecule has 5 heteroatoms. The number of amides is 1. The first-order valence-corrected chi connectivity index (χ1v) is 7.42. The minimum absolute atomic E-state index is 0.142. The van der Waals surface area contributed by atoms with E-state index in [0.29, 0.717) is 37.0 Å². The first kappa shape index (κ1) is 15.1. The summed E-state index contributed by atoms with van der Waals surface area (Å²) in [7, 11) is 0. The normalized spacial score (nSPS) is 17.5. The minimum atomic E-state index is -0.379. The third kappa shape index (κ3) is 3.44. The van der Waals surface area contributed by atoms with Crippen molar-refractivity contribution in [3.05, 3.63) is 29.8 Å². The lowest BCUT2D eigenvalue weighted by molar-refractivity contribution is 0.0433. The van der Waals surface area contributed by atoms with Crippen molar-refractivity contribution < 1.29 is 14.3 Å². The van der Waals surface area contributed by atoms with Gasteiger partial charge in [0.2, 0.25) is 0 Å². The molecule has 0 radical (unpaired) electrons. The van der Waals surface area contributed by atoms with E-state index in [2.05, 4.69) is 5.32 Å². The molecule has 1 N–H and O–H groups in total. The zero-order valence-electron chi connectivity index (χ0n) is 11.7. The van der Waals surface area contributed by atoms with Crippen LogP contribution in [0.4, 0.5) is 0 Å². The molecule has 0 unspecified atom stereocenters. The highest BCUT2D eigenvalue weighted by Crippen LogP contribution is 2.25. The molecule has 1 amide bonds. The lowest BCUT2D eigenvalue weighted by atomic mass is 9.91. The molecule has 1 saturated heterocycles. The fourth-order valence-electron chi connectivity index (χ4n) is 2.30. The largest absolute Gasteiger partial charge is 0.493 e. The Morgan fingerprint density at radius 2 is 2.10 bits per heavy atom. The van der Waals surface area contributed by atoms with Crippen molar-refractivity contribution in [2.45, 2.75) is 25.3 Å². The van der Waals surface area contributed by atoms with E-state index >= 15 is 0 Å². The molecular formula is C15H20ClNO3. The molecule has 4 nitrogen and oxygen atoms in total. The first-order valence-electron chi connectivity index (χ1n) is 6.89. The summed E-state index contributed by atoms with van der Waals surface area (Å²) in [5, 5.41) is 3.07. The summed E-state index contributed by atoms with van der Waals surface area (Å²) in [5.74, 6) is 0.847. The van der Waals surface area contributed by atoms with Crippen molar-refractivity contribution in [1.29, 1.82) is 0 Å². The summed E-state index contributed by atoms with van der Waals surface area (Å²) in [6.07, 6.45) is 1.47. The Hall–Kier alpha value is -1.26. The van der Waals surface area contributed by atoms with Gasteiger partial charge in [-0.15, -0.1) is 11.6 Å². The molecule has 2 rings (SSSR count). The van der Waals surface area contributed by atoms with Gasteiger partial charge in [0, 0.05) is 19.1 Å². The number of alkyl halides is 1. The Labute approximate surface area is 124 Å². The Balaban J connectivity index is 2.14. The van der Waals surface area contributed by atoms with Crippen molar-refractivity contribution in [1.82, 2.24) is 5.32 Å². The van der Waals surface area contributed by atoms with Gasteiger partial charge in [-0.2, -0.15) is 0 Å². The van der Waals surface area contributed by atoms with Crippen LogP contribution in [0.1, 0.15) is 30.1 Å². The van der Waals surface area contributed by atoms with E-state index in [9.17, 15) is 4.79 Å². The van der Waals surface area contributed by atoms with Crippen molar-refractivity contribution in [3.8, 4) is 5.75 Å². The minimum Gasteiger partial charge on any atom is -0.493 e. The van der Waals surface area contributed by atoms with E-state index in [1.54, 1.807) is 12.1 Å². The van der Waals surface area contributed by atoms with Gasteiger partial charge in [0.1, 0.15) is 5.75 Å². The van der Waals surface area contributed by atoms with Crippen LogP contribution in [0, 0.1) is 0 Å². The average Bonchev–Trinajstić information content (AvgIpc) is 2.49. The maximum atomic E-state index is 12.5. The molecule has 20 heavy (non-hydrogen) atoms. The maximum Gasteiger partial charge on any atom is 0.255 e. The van der Waals surface area contributed by atoms with E-state index < -0.39 is 0 Å². The molecule has 0 atom stereocenters. The predicted octanol–water partition coefficient (Wildman–Crippen LogP) is 2.60. The van der Waals surface area contributed by atoms with Crippen LogP contribution in [0.3, 0.4) is 0 Å². The molecule has 0 aliphatic carbocycles. The molecule has 0 aromatic heterocycles. The molecule has 1 aliphatic heterocycles. The summed E-state index contributed by atoms with van der Waals surface area (Å²) in [4.78, 5) is 12.5. The third-order valence-corrected chi connectivity index (χ3v) is 4.03. The van der Waals surface area contributed by atoms with Gasteiger partial charge in [0.25, 0.3) is 5.91 Å². The smallest absolute Gasteiger partial charge is 0.255 e. The van der Waals surface area contributed by atoms with Crippen LogP contribution >= 0.6 is 11.6 Å². The van der Waals surface area contributed by atoms with E-state index in [1.165, 1.54) is 0 Å². The standard InChI is InChI=1S/C15H20ClNO3/c1-2-20-13-6-4-3-5-12(13)14(18)17-15(11-16)7-9-19-10-8-15/h3-6H,2,7-11H2,1H3,(H,17,18). The van der Waals surface area contributed by atoms with Gasteiger partial charge < -0.3 is 14.8 Å². The number of para-hydroxylation sites is 1. The van der Waals surface area contributed by atoms with Crippen LogP contribution in [0.5, 0.6) is 5.75 Å². The van der Waals surface area contributed by atoms with E-state index in [-0.39, 0.29) is 11.4 Å². The first-order chi connectivity index (χ1) is 9.71. The van der Waals surface area contributed by atoms with Crippen molar-refractivity contribution >= 4 is 17.5 Å². The van der Waals surface area contributed by atoms with Crippen molar-refractivity contribution in [2.24, 2.45) is 0 Å². The predicted molar refractivity (Wildman–Crippen MR) is 78.6 cm³/mol. The molecular weight excluding hydrogens is 278 g/mol. The highest BCUT2D eigenvalue weighted by molar-refractivity contribution is 6.19. The van der Waals surface area contributed by atoms with Crippen LogP contribution in [-0.2, 0) is 4.74 Å². The van der Waals surface area contributed by atoms with Crippen LogP contribution in [0.2, 0.25) is 0 Å². The summed E-state index contributed by atoms with van der Waals surface area (Å²) in [6.45, 7) is 3.67. The van der Waals surface area contributed by atoms with Gasteiger partial charge in [-0.1, -0.05) is 12.1 Å². The Morgan fingerprint density at radius 1 is 1.40 bits per heavy atom. The highest BCUT2D eigenvalue weighted by Gasteiger charge is 2.34. The summed E-state index contributed by atoms with van der Waals surface area (Å²) in [6, 6.07) is 7.25. The van der Waals surface area contributed by atoms with E-state index in [4.69, 9.17) is 21.1 Å². The molecule has 1 aromatic carbocycles. The number of nitrogens with one attached hydrogen (secondary N) is 1. The zero-order valence-corrected chi connectivity index (χ0v) is 12.4. The second-order valence-electron chi connectivity index (χ2n) is 4.91. The third-order valence-electron chi connectivity index (χ3n) is 3.52. The number of rotatable bonds is 5. The fraction of sp³-hybridized carbons (Fsp3) is 0.533. The van der Waals surface area contributed by atoms with E-state index in [1.807, 2.05) is 19.1 Å². The topological polar surface area (TPSA) is 47.6 Å². The quantitative estimate of drug-likeness (QED) is 0.850. The number of halogens is 1. The lowest BCUT2D eigenvalue weighted by Crippen LogP contribution is -2.53. The summed E-state index contributed by atoms with van der Waals surface area (Å²) < 4.78 is 10.8. The molecule has 1 fully saturated rings. The SMILES string of the molecule is CCOc1ccccc1C(=O)NC1(CCl)CCOCC1. The molecule has 1 heterocycles. The van der Waals surface area contributed by atoms with Gasteiger partial charge in [-0.25, -0.2) is 0 Å². The van der Waals surface area contributed by atoms with Gasteiger partial charge >= 0.3 is 0 Å². The van der Waals surface area contributed by atoms with Crippen LogP contribution in [0.25, 0.3) is 0 Å². The Kier molecular flexibility index (Phi) is 5.26. The summed E-state index contributed by atoms with van der Waals surface area (Å²) in [5.41, 5.74) is 0.168. The number of ether oxygens (including phenoxy) is 2. The van der Waals surface area contributed by atoms with Gasteiger partial charge in [0.05, 0.1) is 17.7 Å². The monoisotopic (exact) mass is 297 g/mol. The van der Waals surface area contributed by atoms with Gasteiger partial charge in [-0.3, -0.25) is 4.79 Å². The maximum absolute atomic E-state index is 12.5. The number of carbonyl (C=O) groups is 1. The molecule has 1 aliphatic rings.